The molecule has 3 rings (SSSR count). The maximum Gasteiger partial charge on any atom is 0.227 e. The molecule has 0 atom stereocenters. The average Bonchev–Trinajstić information content (AvgIpc) is 2.70. The van der Waals surface area contributed by atoms with E-state index in [0.29, 0.717) is 6.42 Å². The summed E-state index contributed by atoms with van der Waals surface area (Å²) in [5.74, 6) is 1.01. The topological polar surface area (TPSA) is 36.0 Å². The molecular formula is C22H29N3O2. The second-order valence-corrected chi connectivity index (χ2v) is 7.18. The van der Waals surface area contributed by atoms with Gasteiger partial charge in [0.15, 0.2) is 0 Å². The fourth-order valence-corrected chi connectivity index (χ4v) is 3.45. The Hall–Kier alpha value is -2.53. The fraction of sp³-hybridized carbons (Fsp3) is 0.409. The van der Waals surface area contributed by atoms with Gasteiger partial charge in [-0.25, -0.2) is 0 Å². The Morgan fingerprint density at radius 2 is 1.85 bits per heavy atom. The Balaban J connectivity index is 1.68. The lowest BCUT2D eigenvalue weighted by Gasteiger charge is -2.38. The number of carbonyl (C=O) groups excluding carboxylic acids is 1. The summed E-state index contributed by atoms with van der Waals surface area (Å²) in [6.45, 7) is 3.57. The molecule has 5 nitrogen and oxygen atoms in total. The highest BCUT2D eigenvalue weighted by Crippen LogP contribution is 2.33. The van der Waals surface area contributed by atoms with Gasteiger partial charge in [0.1, 0.15) is 5.75 Å². The molecule has 0 saturated carbocycles. The van der Waals surface area contributed by atoms with Crippen molar-refractivity contribution in [2.45, 2.75) is 12.8 Å². The van der Waals surface area contributed by atoms with Crippen molar-refractivity contribution in [2.24, 2.45) is 0 Å². The maximum absolute atomic E-state index is 12.9. The Kier molecular flexibility index (Phi) is 6.35. The molecule has 2 aromatic carbocycles. The first-order valence-electron chi connectivity index (χ1n) is 9.50. The number of para-hydroxylation sites is 2. The summed E-state index contributed by atoms with van der Waals surface area (Å²) in [4.78, 5) is 19.4. The number of amides is 1. The minimum atomic E-state index is 0.178. The second-order valence-electron chi connectivity index (χ2n) is 7.18. The summed E-state index contributed by atoms with van der Waals surface area (Å²) in [5, 5.41) is 0. The van der Waals surface area contributed by atoms with Crippen molar-refractivity contribution in [3.8, 4) is 5.75 Å². The molecular weight excluding hydrogens is 338 g/mol. The number of likely N-dealkylation sites (N-methyl/N-ethyl adjacent to an activating group) is 1. The molecule has 5 heteroatoms. The molecule has 1 amide bonds. The molecule has 0 N–H and O–H groups in total. The largest absolute Gasteiger partial charge is 0.497 e. The highest BCUT2D eigenvalue weighted by molar-refractivity contribution is 5.98. The van der Waals surface area contributed by atoms with Crippen molar-refractivity contribution in [1.82, 2.24) is 4.90 Å². The zero-order valence-electron chi connectivity index (χ0n) is 16.5. The highest BCUT2D eigenvalue weighted by Gasteiger charge is 2.26. The number of hydrogen-bond donors (Lipinski definition) is 0. The van der Waals surface area contributed by atoms with Gasteiger partial charge in [-0.05, 0) is 50.3 Å². The number of carbonyl (C=O) groups is 1. The van der Waals surface area contributed by atoms with Gasteiger partial charge in [0.25, 0.3) is 0 Å². The van der Waals surface area contributed by atoms with Gasteiger partial charge in [0.2, 0.25) is 5.91 Å². The SMILES string of the molecule is COc1cccc(CCC(=O)N2CCN(CCN(C)C)c3ccccc32)c1. The summed E-state index contributed by atoms with van der Waals surface area (Å²) in [6, 6.07) is 16.2. The molecule has 0 aliphatic carbocycles. The van der Waals surface area contributed by atoms with E-state index >= 15 is 0 Å². The minimum Gasteiger partial charge on any atom is -0.497 e. The molecule has 0 fully saturated rings. The Labute approximate surface area is 162 Å². The highest BCUT2D eigenvalue weighted by atomic mass is 16.5. The van der Waals surface area contributed by atoms with Gasteiger partial charge in [-0.15, -0.1) is 0 Å². The lowest BCUT2D eigenvalue weighted by atomic mass is 10.1. The molecule has 0 unspecified atom stereocenters. The summed E-state index contributed by atoms with van der Waals surface area (Å²) in [6.07, 6.45) is 1.22. The number of fused-ring (bicyclic) bond motifs is 1. The van der Waals surface area contributed by atoms with Gasteiger partial charge in [-0.3, -0.25) is 4.79 Å². The van der Waals surface area contributed by atoms with Crippen molar-refractivity contribution < 1.29 is 9.53 Å². The van der Waals surface area contributed by atoms with Crippen LogP contribution in [0, 0.1) is 0 Å². The third-order valence-corrected chi connectivity index (χ3v) is 4.99. The van der Waals surface area contributed by atoms with E-state index in [0.717, 1.165) is 55.3 Å². The van der Waals surface area contributed by atoms with Crippen molar-refractivity contribution in [3.05, 3.63) is 54.1 Å². The Morgan fingerprint density at radius 3 is 2.59 bits per heavy atom. The van der Waals surface area contributed by atoms with Gasteiger partial charge < -0.3 is 19.4 Å². The summed E-state index contributed by atoms with van der Waals surface area (Å²) < 4.78 is 5.27. The van der Waals surface area contributed by atoms with Crippen LogP contribution in [0.25, 0.3) is 0 Å². The van der Waals surface area contributed by atoms with E-state index in [1.807, 2.05) is 41.3 Å². The summed E-state index contributed by atoms with van der Waals surface area (Å²) in [7, 11) is 5.84. The van der Waals surface area contributed by atoms with Crippen LogP contribution in [0.4, 0.5) is 11.4 Å². The molecule has 0 bridgehead atoms. The summed E-state index contributed by atoms with van der Waals surface area (Å²) in [5.41, 5.74) is 3.30. The van der Waals surface area contributed by atoms with Crippen LogP contribution < -0.4 is 14.5 Å². The van der Waals surface area contributed by atoms with Gasteiger partial charge >= 0.3 is 0 Å². The van der Waals surface area contributed by atoms with Crippen LogP contribution >= 0.6 is 0 Å². The molecule has 1 aliphatic heterocycles. The van der Waals surface area contributed by atoms with E-state index in [4.69, 9.17) is 4.74 Å². The lowest BCUT2D eigenvalue weighted by molar-refractivity contribution is -0.118. The molecule has 0 aromatic heterocycles. The van der Waals surface area contributed by atoms with Crippen LogP contribution in [0.15, 0.2) is 48.5 Å². The van der Waals surface area contributed by atoms with E-state index in [1.54, 1.807) is 7.11 Å². The second kappa shape index (κ2) is 8.91. The number of nitrogens with zero attached hydrogens (tertiary/aromatic N) is 3. The van der Waals surface area contributed by atoms with Crippen molar-refractivity contribution >= 4 is 17.3 Å². The van der Waals surface area contributed by atoms with Crippen LogP contribution in [-0.2, 0) is 11.2 Å². The standard InChI is InChI=1S/C22H29N3O2/c1-23(2)13-14-24-15-16-25(21-10-5-4-9-20(21)24)22(26)12-11-18-7-6-8-19(17-18)27-3/h4-10,17H,11-16H2,1-3H3. The first kappa shape index (κ1) is 19.2. The van der Waals surface area contributed by atoms with Crippen LogP contribution in [0.3, 0.4) is 0 Å². The van der Waals surface area contributed by atoms with Gasteiger partial charge in [-0.1, -0.05) is 24.3 Å². The predicted molar refractivity (Wildman–Crippen MR) is 111 cm³/mol. The van der Waals surface area contributed by atoms with E-state index in [9.17, 15) is 4.79 Å². The molecule has 1 heterocycles. The molecule has 27 heavy (non-hydrogen) atoms. The van der Waals surface area contributed by atoms with E-state index in [-0.39, 0.29) is 5.91 Å². The van der Waals surface area contributed by atoms with Gasteiger partial charge in [-0.2, -0.15) is 0 Å². The maximum atomic E-state index is 12.9. The molecule has 0 saturated heterocycles. The molecule has 1 aliphatic rings. The third-order valence-electron chi connectivity index (χ3n) is 4.99. The first-order valence-corrected chi connectivity index (χ1v) is 9.50. The zero-order chi connectivity index (χ0) is 19.2. The van der Waals surface area contributed by atoms with Gasteiger partial charge in [0, 0.05) is 32.6 Å². The van der Waals surface area contributed by atoms with Crippen molar-refractivity contribution in [2.75, 3.05) is 57.2 Å². The van der Waals surface area contributed by atoms with Crippen LogP contribution in [-0.4, -0.2) is 58.2 Å². The van der Waals surface area contributed by atoms with E-state index < -0.39 is 0 Å². The normalized spacial score (nSPS) is 13.6. The third kappa shape index (κ3) is 4.80. The van der Waals surface area contributed by atoms with E-state index in [1.165, 1.54) is 0 Å². The number of anilines is 2. The number of rotatable bonds is 7. The number of ether oxygens (including phenoxy) is 1. The quantitative estimate of drug-likeness (QED) is 0.754. The molecule has 2 aromatic rings. The first-order chi connectivity index (χ1) is 13.1. The minimum absolute atomic E-state index is 0.178. The summed E-state index contributed by atoms with van der Waals surface area (Å²) >= 11 is 0. The zero-order valence-corrected chi connectivity index (χ0v) is 16.5. The predicted octanol–water partition coefficient (Wildman–Crippen LogP) is 3.04. The number of aryl methyl sites for hydroxylation is 1. The Bertz CT molecular complexity index is 776. The fourth-order valence-electron chi connectivity index (χ4n) is 3.45. The monoisotopic (exact) mass is 367 g/mol. The smallest absolute Gasteiger partial charge is 0.227 e. The molecule has 0 radical (unpaired) electrons. The van der Waals surface area contributed by atoms with Crippen LogP contribution in [0.1, 0.15) is 12.0 Å². The molecule has 0 spiro atoms. The average molecular weight is 367 g/mol. The number of methoxy groups -OCH3 is 1. The number of hydrogen-bond acceptors (Lipinski definition) is 4. The lowest BCUT2D eigenvalue weighted by Crippen LogP contribution is -2.45. The van der Waals surface area contributed by atoms with Crippen LogP contribution in [0.5, 0.6) is 5.75 Å². The Morgan fingerprint density at radius 1 is 1.07 bits per heavy atom. The van der Waals surface area contributed by atoms with Crippen molar-refractivity contribution in [3.63, 3.8) is 0 Å². The molecule has 144 valence electrons. The van der Waals surface area contributed by atoms with Crippen molar-refractivity contribution in [1.29, 1.82) is 0 Å². The van der Waals surface area contributed by atoms with Crippen LogP contribution in [0.2, 0.25) is 0 Å². The van der Waals surface area contributed by atoms with E-state index in [2.05, 4.69) is 36.0 Å². The number of benzene rings is 2. The van der Waals surface area contributed by atoms with Gasteiger partial charge in [0.05, 0.1) is 18.5 Å².